The summed E-state index contributed by atoms with van der Waals surface area (Å²) in [5.41, 5.74) is 1.69. The fourth-order valence-electron chi connectivity index (χ4n) is 1.50. The SMILES string of the molecule is Cc1ccc(-n2cc(CCC(=O)O)nn2)cc1F. The third-order valence-electron chi connectivity index (χ3n) is 2.56. The molecule has 0 saturated carbocycles. The molecule has 0 saturated heterocycles. The number of halogens is 1. The highest BCUT2D eigenvalue weighted by molar-refractivity contribution is 5.66. The molecule has 1 N–H and O–H groups in total. The van der Waals surface area contributed by atoms with Crippen LogP contribution in [0, 0.1) is 12.7 Å². The average molecular weight is 249 g/mol. The van der Waals surface area contributed by atoms with Crippen molar-refractivity contribution in [1.29, 1.82) is 0 Å². The topological polar surface area (TPSA) is 68.0 Å². The first kappa shape index (κ1) is 12.2. The van der Waals surface area contributed by atoms with Gasteiger partial charge in [-0.15, -0.1) is 5.10 Å². The molecule has 2 rings (SSSR count). The summed E-state index contributed by atoms with van der Waals surface area (Å²) in [6.07, 6.45) is 1.91. The molecule has 0 fully saturated rings. The first-order chi connectivity index (χ1) is 8.56. The molecule has 0 radical (unpaired) electrons. The summed E-state index contributed by atoms with van der Waals surface area (Å²) < 4.78 is 14.8. The van der Waals surface area contributed by atoms with Crippen molar-refractivity contribution in [2.24, 2.45) is 0 Å². The van der Waals surface area contributed by atoms with E-state index in [-0.39, 0.29) is 12.2 Å². The summed E-state index contributed by atoms with van der Waals surface area (Å²) in [6.45, 7) is 1.68. The van der Waals surface area contributed by atoms with Gasteiger partial charge in [-0.1, -0.05) is 11.3 Å². The van der Waals surface area contributed by atoms with E-state index in [9.17, 15) is 9.18 Å². The van der Waals surface area contributed by atoms with Crippen molar-refractivity contribution in [2.45, 2.75) is 19.8 Å². The van der Waals surface area contributed by atoms with Gasteiger partial charge in [-0.2, -0.15) is 0 Å². The Labute approximate surface area is 103 Å². The van der Waals surface area contributed by atoms with E-state index >= 15 is 0 Å². The van der Waals surface area contributed by atoms with Crippen molar-refractivity contribution >= 4 is 5.97 Å². The molecule has 0 bridgehead atoms. The van der Waals surface area contributed by atoms with Gasteiger partial charge < -0.3 is 5.11 Å². The van der Waals surface area contributed by atoms with Gasteiger partial charge in [-0.05, 0) is 24.6 Å². The molecule has 1 aromatic heterocycles. The van der Waals surface area contributed by atoms with E-state index in [1.807, 2.05) is 0 Å². The van der Waals surface area contributed by atoms with E-state index in [4.69, 9.17) is 5.11 Å². The molecule has 0 spiro atoms. The zero-order chi connectivity index (χ0) is 13.1. The van der Waals surface area contributed by atoms with Gasteiger partial charge in [0.25, 0.3) is 0 Å². The van der Waals surface area contributed by atoms with E-state index in [0.717, 1.165) is 0 Å². The van der Waals surface area contributed by atoms with Crippen molar-refractivity contribution in [2.75, 3.05) is 0 Å². The summed E-state index contributed by atoms with van der Waals surface area (Å²) in [5, 5.41) is 16.2. The number of benzene rings is 1. The largest absolute Gasteiger partial charge is 0.481 e. The Morgan fingerprint density at radius 2 is 2.28 bits per heavy atom. The smallest absolute Gasteiger partial charge is 0.303 e. The summed E-state index contributed by atoms with van der Waals surface area (Å²) >= 11 is 0. The van der Waals surface area contributed by atoms with Crippen LogP contribution in [0.1, 0.15) is 17.7 Å². The normalized spacial score (nSPS) is 10.6. The lowest BCUT2D eigenvalue weighted by Crippen LogP contribution is -1.97. The van der Waals surface area contributed by atoms with Crippen molar-refractivity contribution in [3.05, 3.63) is 41.5 Å². The minimum atomic E-state index is -0.883. The maximum Gasteiger partial charge on any atom is 0.303 e. The van der Waals surface area contributed by atoms with Crippen molar-refractivity contribution < 1.29 is 14.3 Å². The minimum Gasteiger partial charge on any atom is -0.481 e. The Balaban J connectivity index is 2.18. The van der Waals surface area contributed by atoms with Gasteiger partial charge >= 0.3 is 5.97 Å². The number of rotatable bonds is 4. The van der Waals surface area contributed by atoms with Crippen LogP contribution in [0.2, 0.25) is 0 Å². The van der Waals surface area contributed by atoms with Gasteiger partial charge in [0.1, 0.15) is 5.82 Å². The van der Waals surface area contributed by atoms with Crippen LogP contribution in [0.4, 0.5) is 4.39 Å². The van der Waals surface area contributed by atoms with Gasteiger partial charge in [-0.3, -0.25) is 4.79 Å². The lowest BCUT2D eigenvalue weighted by molar-refractivity contribution is -0.136. The number of carbonyl (C=O) groups is 1. The Hall–Kier alpha value is -2.24. The van der Waals surface area contributed by atoms with Gasteiger partial charge in [0.05, 0.1) is 24.0 Å². The third kappa shape index (κ3) is 2.71. The lowest BCUT2D eigenvalue weighted by atomic mass is 10.2. The van der Waals surface area contributed by atoms with Crippen molar-refractivity contribution in [3.8, 4) is 5.69 Å². The lowest BCUT2D eigenvalue weighted by Gasteiger charge is -2.01. The van der Waals surface area contributed by atoms with Crippen molar-refractivity contribution in [3.63, 3.8) is 0 Å². The second kappa shape index (κ2) is 4.95. The Morgan fingerprint density at radius 3 is 2.94 bits per heavy atom. The Kier molecular flexibility index (Phi) is 3.36. The number of nitrogens with zero attached hydrogens (tertiary/aromatic N) is 3. The zero-order valence-electron chi connectivity index (χ0n) is 9.80. The fraction of sp³-hybridized carbons (Fsp3) is 0.250. The number of hydrogen-bond donors (Lipinski definition) is 1. The average Bonchev–Trinajstić information content (AvgIpc) is 2.79. The molecule has 1 aromatic carbocycles. The van der Waals surface area contributed by atoms with E-state index in [2.05, 4.69) is 10.3 Å². The van der Waals surface area contributed by atoms with Crippen LogP contribution in [-0.4, -0.2) is 26.1 Å². The van der Waals surface area contributed by atoms with E-state index in [1.165, 1.54) is 10.7 Å². The molecule has 0 aliphatic heterocycles. The second-order valence-corrected chi connectivity index (χ2v) is 3.98. The second-order valence-electron chi connectivity index (χ2n) is 3.98. The number of aliphatic carboxylic acids is 1. The molecule has 5 nitrogen and oxygen atoms in total. The number of aryl methyl sites for hydroxylation is 2. The van der Waals surface area contributed by atoms with Gasteiger partial charge in [-0.25, -0.2) is 9.07 Å². The number of aromatic nitrogens is 3. The van der Waals surface area contributed by atoms with Crippen LogP contribution in [0.5, 0.6) is 0 Å². The zero-order valence-corrected chi connectivity index (χ0v) is 9.80. The molecule has 94 valence electrons. The Morgan fingerprint density at radius 1 is 1.50 bits per heavy atom. The van der Waals surface area contributed by atoms with Crippen LogP contribution in [0.3, 0.4) is 0 Å². The first-order valence-electron chi connectivity index (χ1n) is 5.46. The maximum absolute atomic E-state index is 13.4. The minimum absolute atomic E-state index is 0.000945. The highest BCUT2D eigenvalue weighted by Gasteiger charge is 2.06. The quantitative estimate of drug-likeness (QED) is 0.896. The highest BCUT2D eigenvalue weighted by Crippen LogP contribution is 2.13. The molecule has 18 heavy (non-hydrogen) atoms. The van der Waals surface area contributed by atoms with Crippen LogP contribution >= 0.6 is 0 Å². The standard InChI is InChI=1S/C12H12FN3O2/c1-8-2-4-10(6-11(8)13)16-7-9(14-15-16)3-5-12(17)18/h2,4,6-7H,3,5H2,1H3,(H,17,18). The predicted molar refractivity (Wildman–Crippen MR) is 62.0 cm³/mol. The monoisotopic (exact) mass is 249 g/mol. The van der Waals surface area contributed by atoms with Gasteiger partial charge in [0, 0.05) is 6.42 Å². The van der Waals surface area contributed by atoms with Gasteiger partial charge in [0.2, 0.25) is 0 Å². The molecular formula is C12H12FN3O2. The fourth-order valence-corrected chi connectivity index (χ4v) is 1.50. The molecule has 1 heterocycles. The number of hydrogen-bond acceptors (Lipinski definition) is 3. The van der Waals surface area contributed by atoms with E-state index in [0.29, 0.717) is 23.4 Å². The van der Waals surface area contributed by atoms with Crippen LogP contribution in [-0.2, 0) is 11.2 Å². The van der Waals surface area contributed by atoms with Crippen LogP contribution < -0.4 is 0 Å². The molecule has 0 aliphatic carbocycles. The van der Waals surface area contributed by atoms with Crippen molar-refractivity contribution in [1.82, 2.24) is 15.0 Å². The molecule has 0 aliphatic rings. The molecule has 0 unspecified atom stereocenters. The predicted octanol–water partition coefficient (Wildman–Crippen LogP) is 1.73. The van der Waals surface area contributed by atoms with Crippen LogP contribution in [0.15, 0.2) is 24.4 Å². The molecule has 0 atom stereocenters. The summed E-state index contributed by atoms with van der Waals surface area (Å²) in [6, 6.07) is 4.75. The Bertz CT molecular complexity index is 580. The van der Waals surface area contributed by atoms with E-state index in [1.54, 1.807) is 25.3 Å². The summed E-state index contributed by atoms with van der Waals surface area (Å²) in [5.74, 6) is -1.19. The highest BCUT2D eigenvalue weighted by atomic mass is 19.1. The number of carboxylic acid groups (broad SMARTS) is 1. The molecular weight excluding hydrogens is 237 g/mol. The first-order valence-corrected chi connectivity index (χ1v) is 5.46. The summed E-state index contributed by atoms with van der Waals surface area (Å²) in [4.78, 5) is 10.4. The van der Waals surface area contributed by atoms with Crippen LogP contribution in [0.25, 0.3) is 5.69 Å². The van der Waals surface area contributed by atoms with E-state index < -0.39 is 5.97 Å². The molecule has 6 heteroatoms. The number of carboxylic acids is 1. The maximum atomic E-state index is 13.4. The summed E-state index contributed by atoms with van der Waals surface area (Å²) in [7, 11) is 0. The van der Waals surface area contributed by atoms with Gasteiger partial charge in [0.15, 0.2) is 0 Å². The molecule has 0 amide bonds. The molecule has 2 aromatic rings. The third-order valence-corrected chi connectivity index (χ3v) is 2.56.